The van der Waals surface area contributed by atoms with Gasteiger partial charge in [-0.25, -0.2) is 19.6 Å². The number of rotatable bonds is 5. The van der Waals surface area contributed by atoms with Gasteiger partial charge >= 0.3 is 11.9 Å². The molecule has 1 saturated heterocycles. The first-order valence-electron chi connectivity index (χ1n) is 10.9. The molecule has 0 bridgehead atoms. The van der Waals surface area contributed by atoms with E-state index in [1.165, 1.54) is 23.1 Å². The average molecular weight is 479 g/mol. The fourth-order valence-corrected chi connectivity index (χ4v) is 6.36. The van der Waals surface area contributed by atoms with Gasteiger partial charge in [0, 0.05) is 31.4 Å². The molecule has 168 valence electrons. The van der Waals surface area contributed by atoms with Gasteiger partial charge in [-0.2, -0.15) is 4.48 Å². The number of carbonyl (C=O) groups excluding carboxylic acids is 2. The zero-order valence-electron chi connectivity index (χ0n) is 18.2. The lowest BCUT2D eigenvalue weighted by atomic mass is 10.2. The summed E-state index contributed by atoms with van der Waals surface area (Å²) in [7, 11) is 0. The molecule has 0 saturated carbocycles. The Morgan fingerprint density at radius 2 is 2.00 bits per heavy atom. The van der Waals surface area contributed by atoms with Gasteiger partial charge < -0.3 is 4.57 Å². The normalized spacial score (nSPS) is 20.2. The summed E-state index contributed by atoms with van der Waals surface area (Å²) in [5.41, 5.74) is 2.38. The third-order valence-corrected chi connectivity index (χ3v) is 8.29. The van der Waals surface area contributed by atoms with Crippen molar-refractivity contribution in [3.05, 3.63) is 67.1 Å². The van der Waals surface area contributed by atoms with Crippen LogP contribution in [0.15, 0.2) is 71.5 Å². The van der Waals surface area contributed by atoms with Crippen LogP contribution in [0.4, 0.5) is 10.5 Å². The zero-order chi connectivity index (χ0) is 22.8. The molecule has 1 unspecified atom stereocenters. The third-order valence-electron chi connectivity index (χ3n) is 6.19. The molecule has 1 aromatic carbocycles. The number of thioether (sulfide) groups is 1. The van der Waals surface area contributed by atoms with Gasteiger partial charge in [-0.1, -0.05) is 35.2 Å². The van der Waals surface area contributed by atoms with E-state index in [-0.39, 0.29) is 28.2 Å². The second-order valence-electron chi connectivity index (χ2n) is 8.11. The van der Waals surface area contributed by atoms with Crippen LogP contribution in [0.3, 0.4) is 0 Å². The molecule has 7 nitrogen and oxygen atoms in total. The maximum absolute atomic E-state index is 13.7. The van der Waals surface area contributed by atoms with E-state index in [0.717, 1.165) is 33.2 Å². The Kier molecular flexibility index (Phi) is 6.01. The minimum absolute atomic E-state index is 0.0751. The largest absolute Gasteiger partial charge is 0.428 e. The number of anilines is 1. The molecule has 0 aliphatic carbocycles. The van der Waals surface area contributed by atoms with E-state index in [9.17, 15) is 9.59 Å². The molecule has 33 heavy (non-hydrogen) atoms. The number of imide groups is 1. The van der Waals surface area contributed by atoms with E-state index in [1.54, 1.807) is 6.20 Å². The molecule has 9 heteroatoms. The van der Waals surface area contributed by atoms with E-state index in [4.69, 9.17) is 0 Å². The van der Waals surface area contributed by atoms with Gasteiger partial charge in [0.15, 0.2) is 4.34 Å². The average Bonchev–Trinajstić information content (AvgIpc) is 3.57. The van der Waals surface area contributed by atoms with E-state index >= 15 is 0 Å². The zero-order valence-corrected chi connectivity index (χ0v) is 19.8. The second-order valence-corrected chi connectivity index (χ2v) is 10.3. The van der Waals surface area contributed by atoms with Gasteiger partial charge in [-0.05, 0) is 43.3 Å². The van der Waals surface area contributed by atoms with E-state index in [1.807, 2.05) is 72.4 Å². The number of thiazole rings is 1. The smallest absolute Gasteiger partial charge is 0.322 e. The fourth-order valence-electron chi connectivity index (χ4n) is 4.43. The number of benzene rings is 1. The lowest BCUT2D eigenvalue weighted by molar-refractivity contribution is -0.781. The third kappa shape index (κ3) is 4.07. The molecular weight excluding hydrogens is 454 g/mol. The van der Waals surface area contributed by atoms with Crippen molar-refractivity contribution in [1.29, 1.82) is 0 Å². The van der Waals surface area contributed by atoms with Crippen molar-refractivity contribution in [2.24, 2.45) is 0 Å². The molecule has 1 aliphatic rings. The van der Waals surface area contributed by atoms with Crippen molar-refractivity contribution in [3.63, 3.8) is 0 Å². The van der Waals surface area contributed by atoms with Gasteiger partial charge in [0.05, 0.1) is 17.9 Å². The van der Waals surface area contributed by atoms with Gasteiger partial charge in [0.2, 0.25) is 0 Å². The van der Waals surface area contributed by atoms with Crippen LogP contribution in [-0.2, 0) is 4.79 Å². The quantitative estimate of drug-likeness (QED) is 0.310. The molecule has 1 N–H and O–H groups in total. The Labute approximate surface area is 200 Å². The predicted octanol–water partition coefficient (Wildman–Crippen LogP) is 5.33. The minimum atomic E-state index is -0.267. The molecule has 2 atom stereocenters. The predicted molar refractivity (Wildman–Crippen MR) is 132 cm³/mol. The Bertz CT molecular complexity index is 1270. The number of likely N-dealkylation sites (tertiary alicyclic amines) is 1. The first kappa shape index (κ1) is 21.8. The summed E-state index contributed by atoms with van der Waals surface area (Å²) in [6.07, 6.45) is 7.29. The van der Waals surface area contributed by atoms with Crippen LogP contribution < -0.4 is 5.32 Å². The first-order chi connectivity index (χ1) is 16.1. The lowest BCUT2D eigenvalue weighted by Gasteiger charge is -2.33. The van der Waals surface area contributed by atoms with Crippen LogP contribution in [0.5, 0.6) is 0 Å². The first-order valence-corrected chi connectivity index (χ1v) is 12.7. The Morgan fingerprint density at radius 3 is 2.76 bits per heavy atom. The molecule has 1 fully saturated rings. The summed E-state index contributed by atoms with van der Waals surface area (Å²) in [5.74, 6) is 0.102. The minimum Gasteiger partial charge on any atom is -0.322 e. The van der Waals surface area contributed by atoms with Crippen molar-refractivity contribution in [3.8, 4) is 5.69 Å². The Morgan fingerprint density at radius 1 is 1.18 bits per heavy atom. The molecule has 5 rings (SSSR count). The van der Waals surface area contributed by atoms with Crippen molar-refractivity contribution in [2.75, 3.05) is 17.6 Å². The number of nitrogens with zero attached hydrogens (tertiary/aromatic N) is 4. The molecule has 4 aromatic rings. The number of amides is 3. The van der Waals surface area contributed by atoms with Gasteiger partial charge in [-0.3, -0.25) is 5.32 Å². The number of hydrogen-bond acceptors (Lipinski definition) is 6. The van der Waals surface area contributed by atoms with Crippen LogP contribution in [0.25, 0.3) is 16.0 Å². The summed E-state index contributed by atoms with van der Waals surface area (Å²) in [5, 5.41) is 3.07. The number of nitrogens with one attached hydrogen (secondary N) is 1. The summed E-state index contributed by atoms with van der Waals surface area (Å²) < 4.78 is 2.56. The number of quaternary nitrogens is 1. The monoisotopic (exact) mass is 478 g/mol. The van der Waals surface area contributed by atoms with E-state index < -0.39 is 0 Å². The Hall–Kier alpha value is -3.01. The topological polar surface area (TPSA) is 76.9 Å². The van der Waals surface area contributed by atoms with Crippen molar-refractivity contribution >= 4 is 51.1 Å². The highest BCUT2D eigenvalue weighted by Crippen LogP contribution is 2.34. The summed E-state index contributed by atoms with van der Waals surface area (Å²) >= 11 is 2.86. The van der Waals surface area contributed by atoms with Crippen molar-refractivity contribution in [2.45, 2.75) is 30.1 Å². The van der Waals surface area contributed by atoms with Gasteiger partial charge in [0.1, 0.15) is 22.1 Å². The standard InChI is InChI=1S/C24H23N5O2S2/c1-17-8-7-15-29(17,21(30)16-32-24-27-19-10-6-12-25-22(19)33-24)23(31)26-18-9-2-3-11-20(18)28-13-4-5-14-28/h2-6,9-14,17H,7-8,15-16H2,1H3/p+1/t17-,29?/m1/s1. The van der Waals surface area contributed by atoms with Crippen LogP contribution >= 0.6 is 23.1 Å². The van der Waals surface area contributed by atoms with Crippen molar-refractivity contribution < 1.29 is 14.1 Å². The van der Waals surface area contributed by atoms with Crippen LogP contribution in [-0.4, -0.2) is 49.3 Å². The molecular formula is C24H24N5O2S2+. The van der Waals surface area contributed by atoms with Crippen molar-refractivity contribution in [1.82, 2.24) is 14.5 Å². The number of aromatic nitrogens is 3. The highest BCUT2D eigenvalue weighted by molar-refractivity contribution is 8.01. The van der Waals surface area contributed by atoms with E-state index in [0.29, 0.717) is 12.2 Å². The fraction of sp³-hybridized carbons (Fsp3) is 0.250. The molecule has 1 aliphatic heterocycles. The molecule has 3 amide bonds. The highest BCUT2D eigenvalue weighted by Gasteiger charge is 2.52. The Balaban J connectivity index is 1.37. The van der Waals surface area contributed by atoms with Crippen LogP contribution in [0.1, 0.15) is 19.8 Å². The number of hydrogen-bond donors (Lipinski definition) is 1. The van der Waals surface area contributed by atoms with Gasteiger partial charge in [0.25, 0.3) is 0 Å². The van der Waals surface area contributed by atoms with Gasteiger partial charge in [-0.15, -0.1) is 0 Å². The summed E-state index contributed by atoms with van der Waals surface area (Å²) in [6.45, 7) is 2.51. The SMILES string of the molecule is C[C@@H]1CCC[N+]1(C(=O)CSc1nc2cccnc2s1)C(=O)Nc1ccccc1-n1cccc1. The summed E-state index contributed by atoms with van der Waals surface area (Å²) in [4.78, 5) is 37.0. The maximum Gasteiger partial charge on any atom is 0.428 e. The van der Waals surface area contributed by atoms with Crippen LogP contribution in [0, 0.1) is 0 Å². The van der Waals surface area contributed by atoms with Crippen LogP contribution in [0.2, 0.25) is 0 Å². The summed E-state index contributed by atoms with van der Waals surface area (Å²) in [6, 6.07) is 14.9. The molecule has 0 radical (unpaired) electrons. The second kappa shape index (κ2) is 9.09. The highest BCUT2D eigenvalue weighted by atomic mass is 32.2. The molecule has 3 aromatic heterocycles. The number of pyridine rings is 1. The molecule has 4 heterocycles. The number of fused-ring (bicyclic) bond motifs is 1. The number of urea groups is 1. The lowest BCUT2D eigenvalue weighted by Crippen LogP contribution is -2.61. The maximum atomic E-state index is 13.7. The number of carbonyl (C=O) groups is 2. The van der Waals surface area contributed by atoms with E-state index in [2.05, 4.69) is 15.3 Å². The molecule has 0 spiro atoms. The number of para-hydroxylation sites is 2.